The molecule has 16 heavy (non-hydrogen) atoms. The molecule has 88 valence electrons. The van der Waals surface area contributed by atoms with Gasteiger partial charge in [-0.3, -0.25) is 0 Å². The summed E-state index contributed by atoms with van der Waals surface area (Å²) in [6.07, 6.45) is 6.56. The van der Waals surface area contributed by atoms with E-state index in [9.17, 15) is 0 Å². The molecular weight excluding hydrogens is 194 g/mol. The lowest BCUT2D eigenvalue weighted by atomic mass is 10.1. The van der Waals surface area contributed by atoms with E-state index < -0.39 is 0 Å². The van der Waals surface area contributed by atoms with Gasteiger partial charge in [-0.05, 0) is 43.2 Å². The second kappa shape index (κ2) is 5.38. The Morgan fingerprint density at radius 3 is 2.69 bits per heavy atom. The van der Waals surface area contributed by atoms with Crippen LogP contribution in [0.1, 0.15) is 45.1 Å². The monoisotopic (exact) mass is 217 g/mol. The zero-order valence-corrected chi connectivity index (χ0v) is 10.5. The summed E-state index contributed by atoms with van der Waals surface area (Å²) in [5, 5.41) is 3.72. The van der Waals surface area contributed by atoms with Crippen LogP contribution in [-0.2, 0) is 6.42 Å². The fourth-order valence-corrected chi connectivity index (χ4v) is 2.77. The number of hydrogen-bond donors (Lipinski definition) is 1. The van der Waals surface area contributed by atoms with Crippen molar-refractivity contribution in [2.75, 3.05) is 5.32 Å². The number of aryl methyl sites for hydroxylation is 1. The first-order valence-electron chi connectivity index (χ1n) is 6.68. The SMILES string of the molecule is CCc1ccccc1NC1CCC(CC)C1. The molecule has 0 aliphatic heterocycles. The predicted octanol–water partition coefficient (Wildman–Crippen LogP) is 4.24. The van der Waals surface area contributed by atoms with Crippen LogP contribution >= 0.6 is 0 Å². The summed E-state index contributed by atoms with van der Waals surface area (Å²) in [6, 6.07) is 9.42. The van der Waals surface area contributed by atoms with E-state index in [4.69, 9.17) is 0 Å². The molecule has 2 unspecified atom stereocenters. The van der Waals surface area contributed by atoms with Crippen molar-refractivity contribution in [3.05, 3.63) is 29.8 Å². The minimum atomic E-state index is 0.706. The van der Waals surface area contributed by atoms with E-state index in [2.05, 4.69) is 43.4 Å². The molecule has 1 nitrogen and oxygen atoms in total. The Kier molecular flexibility index (Phi) is 3.87. The molecule has 0 radical (unpaired) electrons. The van der Waals surface area contributed by atoms with Crippen LogP contribution in [0.4, 0.5) is 5.69 Å². The van der Waals surface area contributed by atoms with Gasteiger partial charge in [-0.15, -0.1) is 0 Å². The minimum absolute atomic E-state index is 0.706. The number of para-hydroxylation sites is 1. The van der Waals surface area contributed by atoms with Crippen molar-refractivity contribution >= 4 is 5.69 Å². The second-order valence-electron chi connectivity index (χ2n) is 4.94. The van der Waals surface area contributed by atoms with Crippen LogP contribution < -0.4 is 5.32 Å². The van der Waals surface area contributed by atoms with Crippen molar-refractivity contribution in [1.82, 2.24) is 0 Å². The van der Waals surface area contributed by atoms with Crippen LogP contribution in [0.15, 0.2) is 24.3 Å². The molecule has 1 aliphatic carbocycles. The van der Waals surface area contributed by atoms with E-state index in [0.29, 0.717) is 6.04 Å². The van der Waals surface area contributed by atoms with E-state index in [1.54, 1.807) is 0 Å². The number of hydrogen-bond acceptors (Lipinski definition) is 1. The molecule has 2 atom stereocenters. The summed E-state index contributed by atoms with van der Waals surface area (Å²) < 4.78 is 0. The van der Waals surface area contributed by atoms with E-state index in [1.807, 2.05) is 0 Å². The fourth-order valence-electron chi connectivity index (χ4n) is 2.77. The molecule has 0 heterocycles. The normalized spacial score (nSPS) is 24.6. The average Bonchev–Trinajstić information content (AvgIpc) is 2.77. The Labute approximate surface area is 99.3 Å². The highest BCUT2D eigenvalue weighted by atomic mass is 14.9. The molecule has 1 fully saturated rings. The van der Waals surface area contributed by atoms with Gasteiger partial charge in [0.15, 0.2) is 0 Å². The number of rotatable bonds is 4. The molecule has 1 aliphatic rings. The number of benzene rings is 1. The summed E-state index contributed by atoms with van der Waals surface area (Å²) >= 11 is 0. The van der Waals surface area contributed by atoms with Crippen LogP contribution in [0.5, 0.6) is 0 Å². The Morgan fingerprint density at radius 1 is 1.19 bits per heavy atom. The minimum Gasteiger partial charge on any atom is -0.382 e. The Balaban J connectivity index is 1.99. The van der Waals surface area contributed by atoms with Gasteiger partial charge in [-0.1, -0.05) is 38.5 Å². The Morgan fingerprint density at radius 2 is 2.00 bits per heavy atom. The van der Waals surface area contributed by atoms with Crippen molar-refractivity contribution < 1.29 is 0 Å². The van der Waals surface area contributed by atoms with Gasteiger partial charge in [-0.25, -0.2) is 0 Å². The molecule has 1 aromatic carbocycles. The fraction of sp³-hybridized carbons (Fsp3) is 0.600. The second-order valence-corrected chi connectivity index (χ2v) is 4.94. The quantitative estimate of drug-likeness (QED) is 0.795. The van der Waals surface area contributed by atoms with Crippen molar-refractivity contribution in [2.45, 2.75) is 52.0 Å². The van der Waals surface area contributed by atoms with E-state index in [0.717, 1.165) is 12.3 Å². The average molecular weight is 217 g/mol. The lowest BCUT2D eigenvalue weighted by Gasteiger charge is -2.17. The zero-order chi connectivity index (χ0) is 11.4. The lowest BCUT2D eigenvalue weighted by Crippen LogP contribution is -2.16. The summed E-state index contributed by atoms with van der Waals surface area (Å²) in [7, 11) is 0. The van der Waals surface area contributed by atoms with Gasteiger partial charge >= 0.3 is 0 Å². The number of anilines is 1. The highest BCUT2D eigenvalue weighted by Gasteiger charge is 2.23. The molecule has 0 aromatic heterocycles. The molecule has 1 heteroatoms. The predicted molar refractivity (Wildman–Crippen MR) is 70.9 cm³/mol. The molecular formula is C15H23N. The summed E-state index contributed by atoms with van der Waals surface area (Å²) in [5.41, 5.74) is 2.80. The van der Waals surface area contributed by atoms with Crippen molar-refractivity contribution in [3.8, 4) is 0 Å². The van der Waals surface area contributed by atoms with Gasteiger partial charge < -0.3 is 5.32 Å². The lowest BCUT2D eigenvalue weighted by molar-refractivity contribution is 0.525. The first-order chi connectivity index (χ1) is 7.83. The maximum absolute atomic E-state index is 3.72. The molecule has 1 aromatic rings. The summed E-state index contributed by atoms with van der Waals surface area (Å²) in [5.74, 6) is 0.950. The van der Waals surface area contributed by atoms with Crippen molar-refractivity contribution in [1.29, 1.82) is 0 Å². The molecule has 0 saturated heterocycles. The van der Waals surface area contributed by atoms with Gasteiger partial charge in [-0.2, -0.15) is 0 Å². The van der Waals surface area contributed by atoms with Crippen molar-refractivity contribution in [3.63, 3.8) is 0 Å². The van der Waals surface area contributed by atoms with E-state index >= 15 is 0 Å². The van der Waals surface area contributed by atoms with Gasteiger partial charge in [0, 0.05) is 11.7 Å². The van der Waals surface area contributed by atoms with Crippen LogP contribution in [0.2, 0.25) is 0 Å². The summed E-state index contributed by atoms with van der Waals surface area (Å²) in [4.78, 5) is 0. The molecule has 0 bridgehead atoms. The maximum Gasteiger partial charge on any atom is 0.0374 e. The third-order valence-electron chi connectivity index (χ3n) is 3.88. The van der Waals surface area contributed by atoms with Gasteiger partial charge in [0.25, 0.3) is 0 Å². The molecule has 0 spiro atoms. The van der Waals surface area contributed by atoms with Gasteiger partial charge in [0.05, 0.1) is 0 Å². The van der Waals surface area contributed by atoms with Gasteiger partial charge in [0.1, 0.15) is 0 Å². The summed E-state index contributed by atoms with van der Waals surface area (Å²) in [6.45, 7) is 4.54. The molecule has 2 rings (SSSR count). The Bertz CT molecular complexity index is 332. The zero-order valence-electron chi connectivity index (χ0n) is 10.5. The van der Waals surface area contributed by atoms with Crippen molar-refractivity contribution in [2.24, 2.45) is 5.92 Å². The molecule has 1 N–H and O–H groups in total. The third-order valence-corrected chi connectivity index (χ3v) is 3.88. The highest BCUT2D eigenvalue weighted by molar-refractivity contribution is 5.51. The van der Waals surface area contributed by atoms with Crippen LogP contribution in [-0.4, -0.2) is 6.04 Å². The van der Waals surface area contributed by atoms with Crippen LogP contribution in [0.3, 0.4) is 0 Å². The van der Waals surface area contributed by atoms with Crippen LogP contribution in [0, 0.1) is 5.92 Å². The number of nitrogens with one attached hydrogen (secondary N) is 1. The first kappa shape index (κ1) is 11.5. The van der Waals surface area contributed by atoms with E-state index in [1.165, 1.54) is 36.9 Å². The topological polar surface area (TPSA) is 12.0 Å². The maximum atomic E-state index is 3.72. The standard InChI is InChI=1S/C15H23N/c1-3-12-9-10-14(11-12)16-15-8-6-5-7-13(15)4-2/h5-8,12,14,16H,3-4,9-11H2,1-2H3. The first-order valence-corrected chi connectivity index (χ1v) is 6.68. The highest BCUT2D eigenvalue weighted by Crippen LogP contribution is 2.30. The largest absolute Gasteiger partial charge is 0.382 e. The smallest absolute Gasteiger partial charge is 0.0374 e. The third kappa shape index (κ3) is 2.58. The van der Waals surface area contributed by atoms with Crippen LogP contribution in [0.25, 0.3) is 0 Å². The Hall–Kier alpha value is -0.980. The van der Waals surface area contributed by atoms with E-state index in [-0.39, 0.29) is 0 Å². The van der Waals surface area contributed by atoms with Gasteiger partial charge in [0.2, 0.25) is 0 Å². The molecule has 0 amide bonds. The molecule has 1 saturated carbocycles.